The zero-order valence-corrected chi connectivity index (χ0v) is 10.1. The molecule has 5 nitrogen and oxygen atoms in total. The molecule has 3 rings (SSSR count). The largest absolute Gasteiger partial charge is 0.381 e. The third-order valence-corrected chi connectivity index (χ3v) is 3.18. The minimum absolute atomic E-state index is 0.451. The number of nitrogen functional groups attached to an aromatic ring is 1. The lowest BCUT2D eigenvalue weighted by Gasteiger charge is -2.11. The maximum Gasteiger partial charge on any atom is 0.169 e. The van der Waals surface area contributed by atoms with Crippen LogP contribution in [0.25, 0.3) is 11.0 Å². The number of nitrogens with two attached hydrogens (primary N) is 1. The highest BCUT2D eigenvalue weighted by Crippen LogP contribution is 2.20. The van der Waals surface area contributed by atoms with Crippen LogP contribution in [0.1, 0.15) is 6.42 Å². The first-order valence-electron chi connectivity index (χ1n) is 6.17. The van der Waals surface area contributed by atoms with Gasteiger partial charge in [-0.05, 0) is 18.6 Å². The Hall–Kier alpha value is -1.88. The summed E-state index contributed by atoms with van der Waals surface area (Å²) in [6, 6.07) is 7.72. The number of benzene rings is 1. The van der Waals surface area contributed by atoms with E-state index in [2.05, 4.69) is 15.3 Å². The average Bonchev–Trinajstić information content (AvgIpc) is 2.89. The van der Waals surface area contributed by atoms with Gasteiger partial charge in [0.15, 0.2) is 11.6 Å². The lowest BCUT2D eigenvalue weighted by Crippen LogP contribution is -2.16. The Kier molecular flexibility index (Phi) is 2.98. The van der Waals surface area contributed by atoms with Crippen LogP contribution in [0, 0.1) is 5.92 Å². The molecular formula is C13H16N4O. The Balaban J connectivity index is 1.80. The van der Waals surface area contributed by atoms with Gasteiger partial charge < -0.3 is 15.8 Å². The van der Waals surface area contributed by atoms with E-state index in [0.29, 0.717) is 17.6 Å². The van der Waals surface area contributed by atoms with Crippen molar-refractivity contribution in [3.63, 3.8) is 0 Å². The standard InChI is InChI=1S/C13H16N4O/c14-12-13(15-7-9-5-6-18-8-9)17-11-4-2-1-3-10(11)16-12/h1-4,9H,5-8H2,(H2,14,16)(H,15,17). The second kappa shape index (κ2) is 4.78. The Labute approximate surface area is 105 Å². The summed E-state index contributed by atoms with van der Waals surface area (Å²) in [4.78, 5) is 8.84. The molecule has 2 heterocycles. The third kappa shape index (κ3) is 2.22. The molecule has 0 radical (unpaired) electrons. The Morgan fingerprint density at radius 3 is 2.78 bits per heavy atom. The molecule has 0 spiro atoms. The summed E-state index contributed by atoms with van der Waals surface area (Å²) in [7, 11) is 0. The zero-order valence-electron chi connectivity index (χ0n) is 10.1. The molecular weight excluding hydrogens is 228 g/mol. The normalized spacial score (nSPS) is 19.2. The molecule has 0 saturated carbocycles. The Morgan fingerprint density at radius 1 is 1.28 bits per heavy atom. The molecule has 3 N–H and O–H groups in total. The van der Waals surface area contributed by atoms with Gasteiger partial charge in [-0.1, -0.05) is 12.1 Å². The molecule has 0 amide bonds. The molecule has 94 valence electrons. The first-order chi connectivity index (χ1) is 8.83. The topological polar surface area (TPSA) is 73.1 Å². The van der Waals surface area contributed by atoms with Crippen LogP contribution in [0.5, 0.6) is 0 Å². The number of hydrogen-bond acceptors (Lipinski definition) is 5. The van der Waals surface area contributed by atoms with Crippen molar-refractivity contribution in [3.05, 3.63) is 24.3 Å². The van der Waals surface area contributed by atoms with Crippen LogP contribution in [0.15, 0.2) is 24.3 Å². The third-order valence-electron chi connectivity index (χ3n) is 3.18. The van der Waals surface area contributed by atoms with Crippen molar-refractivity contribution in [2.24, 2.45) is 5.92 Å². The van der Waals surface area contributed by atoms with E-state index in [1.165, 1.54) is 0 Å². The molecule has 1 fully saturated rings. The number of anilines is 2. The van der Waals surface area contributed by atoms with Gasteiger partial charge in [0.25, 0.3) is 0 Å². The highest BCUT2D eigenvalue weighted by molar-refractivity contribution is 5.79. The van der Waals surface area contributed by atoms with Crippen LogP contribution in [-0.2, 0) is 4.74 Å². The molecule has 2 aromatic rings. The Bertz CT molecular complexity index is 552. The summed E-state index contributed by atoms with van der Waals surface area (Å²) >= 11 is 0. The zero-order chi connectivity index (χ0) is 12.4. The van der Waals surface area contributed by atoms with Crippen LogP contribution in [0.2, 0.25) is 0 Å². The van der Waals surface area contributed by atoms with Crippen molar-refractivity contribution in [1.29, 1.82) is 0 Å². The number of hydrogen-bond donors (Lipinski definition) is 2. The molecule has 0 aliphatic carbocycles. The van der Waals surface area contributed by atoms with Crippen molar-refractivity contribution < 1.29 is 4.74 Å². The summed E-state index contributed by atoms with van der Waals surface area (Å²) < 4.78 is 5.34. The van der Waals surface area contributed by atoms with Gasteiger partial charge in [-0.3, -0.25) is 0 Å². The predicted octanol–water partition coefficient (Wildman–Crippen LogP) is 1.66. The van der Waals surface area contributed by atoms with Crippen LogP contribution in [-0.4, -0.2) is 29.7 Å². The number of nitrogens with zero attached hydrogens (tertiary/aromatic N) is 2. The summed E-state index contributed by atoms with van der Waals surface area (Å²) in [6.07, 6.45) is 1.09. The van der Waals surface area contributed by atoms with Gasteiger partial charge in [0.1, 0.15) is 0 Å². The van der Waals surface area contributed by atoms with Gasteiger partial charge in [0.2, 0.25) is 0 Å². The van der Waals surface area contributed by atoms with Crippen LogP contribution in [0.4, 0.5) is 11.6 Å². The van der Waals surface area contributed by atoms with E-state index >= 15 is 0 Å². The van der Waals surface area contributed by atoms with Gasteiger partial charge >= 0.3 is 0 Å². The van der Waals surface area contributed by atoms with Crippen molar-refractivity contribution in [3.8, 4) is 0 Å². The summed E-state index contributed by atoms with van der Waals surface area (Å²) in [6.45, 7) is 2.50. The molecule has 1 aliphatic heterocycles. The monoisotopic (exact) mass is 244 g/mol. The summed E-state index contributed by atoms with van der Waals surface area (Å²) in [5.41, 5.74) is 7.59. The van der Waals surface area contributed by atoms with E-state index in [1.807, 2.05) is 24.3 Å². The number of rotatable bonds is 3. The van der Waals surface area contributed by atoms with Gasteiger partial charge in [0.05, 0.1) is 17.6 Å². The molecule has 1 aromatic heterocycles. The van der Waals surface area contributed by atoms with Crippen molar-refractivity contribution in [2.45, 2.75) is 6.42 Å². The number of nitrogens with one attached hydrogen (secondary N) is 1. The summed E-state index contributed by atoms with van der Waals surface area (Å²) in [5.74, 6) is 1.66. The Morgan fingerprint density at radius 2 is 2.06 bits per heavy atom. The number of ether oxygens (including phenoxy) is 1. The van der Waals surface area contributed by atoms with E-state index in [1.54, 1.807) is 0 Å². The van der Waals surface area contributed by atoms with Gasteiger partial charge in [-0.2, -0.15) is 0 Å². The highest BCUT2D eigenvalue weighted by Gasteiger charge is 2.16. The minimum atomic E-state index is 0.451. The second-order valence-electron chi connectivity index (χ2n) is 4.56. The number of aromatic nitrogens is 2. The van der Waals surface area contributed by atoms with Crippen molar-refractivity contribution in [1.82, 2.24) is 9.97 Å². The highest BCUT2D eigenvalue weighted by atomic mass is 16.5. The van der Waals surface area contributed by atoms with Crippen LogP contribution < -0.4 is 11.1 Å². The lowest BCUT2D eigenvalue weighted by atomic mass is 10.1. The lowest BCUT2D eigenvalue weighted by molar-refractivity contribution is 0.187. The molecule has 18 heavy (non-hydrogen) atoms. The van der Waals surface area contributed by atoms with E-state index in [9.17, 15) is 0 Å². The van der Waals surface area contributed by atoms with Gasteiger partial charge in [-0.15, -0.1) is 0 Å². The molecule has 1 saturated heterocycles. The molecule has 0 bridgehead atoms. The number of para-hydroxylation sites is 2. The van der Waals surface area contributed by atoms with E-state index in [0.717, 1.165) is 37.2 Å². The number of fused-ring (bicyclic) bond motifs is 1. The SMILES string of the molecule is Nc1nc2ccccc2nc1NCC1CCOC1. The fourth-order valence-electron chi connectivity index (χ4n) is 2.13. The smallest absolute Gasteiger partial charge is 0.169 e. The fourth-order valence-corrected chi connectivity index (χ4v) is 2.13. The van der Waals surface area contributed by atoms with Gasteiger partial charge in [-0.25, -0.2) is 9.97 Å². The van der Waals surface area contributed by atoms with Crippen molar-refractivity contribution >= 4 is 22.7 Å². The van der Waals surface area contributed by atoms with E-state index in [4.69, 9.17) is 10.5 Å². The molecule has 1 aromatic carbocycles. The maximum absolute atomic E-state index is 5.90. The molecule has 5 heteroatoms. The quantitative estimate of drug-likeness (QED) is 0.859. The van der Waals surface area contributed by atoms with Crippen LogP contribution in [0.3, 0.4) is 0 Å². The second-order valence-corrected chi connectivity index (χ2v) is 4.56. The first kappa shape index (κ1) is 11.2. The van der Waals surface area contributed by atoms with Crippen molar-refractivity contribution in [2.75, 3.05) is 30.8 Å². The molecule has 1 atom stereocenters. The summed E-state index contributed by atoms with van der Waals surface area (Å²) in [5, 5.41) is 3.27. The molecule has 1 aliphatic rings. The predicted molar refractivity (Wildman–Crippen MR) is 71.4 cm³/mol. The molecule has 1 unspecified atom stereocenters. The maximum atomic E-state index is 5.90. The minimum Gasteiger partial charge on any atom is -0.381 e. The average molecular weight is 244 g/mol. The van der Waals surface area contributed by atoms with Crippen LogP contribution >= 0.6 is 0 Å². The van der Waals surface area contributed by atoms with Gasteiger partial charge in [0, 0.05) is 19.1 Å². The fraction of sp³-hybridized carbons (Fsp3) is 0.385. The first-order valence-corrected chi connectivity index (χ1v) is 6.17. The van der Waals surface area contributed by atoms with E-state index < -0.39 is 0 Å². The van der Waals surface area contributed by atoms with E-state index in [-0.39, 0.29) is 0 Å².